The number of amides is 4. The predicted octanol–water partition coefficient (Wildman–Crippen LogP) is 4.66. The maximum Gasteiger partial charge on any atom is 0.416 e. The van der Waals surface area contributed by atoms with Gasteiger partial charge in [0.2, 0.25) is 5.91 Å². The van der Waals surface area contributed by atoms with E-state index in [1.807, 2.05) is 11.0 Å². The Balaban J connectivity index is 1.30. The number of morpholine rings is 1. The summed E-state index contributed by atoms with van der Waals surface area (Å²) in [6.45, 7) is 3.58. The van der Waals surface area contributed by atoms with Gasteiger partial charge in [0.15, 0.2) is 0 Å². The molecule has 1 aliphatic carbocycles. The molecule has 1 saturated carbocycles. The van der Waals surface area contributed by atoms with Crippen LogP contribution in [0, 0.1) is 5.92 Å². The van der Waals surface area contributed by atoms with Crippen molar-refractivity contribution in [3.8, 4) is 0 Å². The number of nitrogens with one attached hydrogen (secondary N) is 2. The van der Waals surface area contributed by atoms with Crippen LogP contribution in [0.15, 0.2) is 42.5 Å². The smallest absolute Gasteiger partial charge is 0.378 e. The summed E-state index contributed by atoms with van der Waals surface area (Å²) in [5, 5.41) is 5.54. The molecule has 2 saturated heterocycles. The van der Waals surface area contributed by atoms with E-state index >= 15 is 0 Å². The van der Waals surface area contributed by atoms with E-state index in [4.69, 9.17) is 4.74 Å². The predicted molar refractivity (Wildman–Crippen MR) is 148 cm³/mol. The number of hydrogen-bond donors (Lipinski definition) is 2. The minimum atomic E-state index is -4.50. The van der Waals surface area contributed by atoms with Crippen molar-refractivity contribution in [3.63, 3.8) is 0 Å². The van der Waals surface area contributed by atoms with E-state index in [1.165, 1.54) is 12.1 Å². The van der Waals surface area contributed by atoms with E-state index < -0.39 is 17.8 Å². The van der Waals surface area contributed by atoms with E-state index in [0.29, 0.717) is 75.8 Å². The van der Waals surface area contributed by atoms with E-state index in [-0.39, 0.29) is 23.4 Å². The number of anilines is 3. The molecule has 4 amide bonds. The lowest BCUT2D eigenvalue weighted by molar-refractivity contribution is -0.137. The first-order valence-corrected chi connectivity index (χ1v) is 14.0. The average molecular weight is 574 g/mol. The number of ether oxygens (including phenoxy) is 1. The number of alkyl halides is 3. The second kappa shape index (κ2) is 12.4. The van der Waals surface area contributed by atoms with Crippen molar-refractivity contribution in [2.75, 3.05) is 68.0 Å². The quantitative estimate of drug-likeness (QED) is 0.543. The van der Waals surface area contributed by atoms with E-state index in [2.05, 4.69) is 10.6 Å². The molecule has 3 aliphatic rings. The van der Waals surface area contributed by atoms with Crippen molar-refractivity contribution in [1.29, 1.82) is 0 Å². The highest BCUT2D eigenvalue weighted by molar-refractivity contribution is 6.02. The molecule has 220 valence electrons. The van der Waals surface area contributed by atoms with Gasteiger partial charge in [-0.05, 0) is 55.7 Å². The number of hydrogen-bond acceptors (Lipinski definition) is 5. The number of nitrogens with zero attached hydrogens (tertiary/aromatic N) is 3. The van der Waals surface area contributed by atoms with Gasteiger partial charge in [-0.2, -0.15) is 13.2 Å². The van der Waals surface area contributed by atoms with E-state index in [9.17, 15) is 27.6 Å². The number of rotatable bonds is 5. The molecule has 2 heterocycles. The Hall–Kier alpha value is -3.80. The van der Waals surface area contributed by atoms with Crippen LogP contribution in [-0.4, -0.2) is 80.1 Å². The Morgan fingerprint density at radius 3 is 2.27 bits per heavy atom. The molecule has 0 unspecified atom stereocenters. The van der Waals surface area contributed by atoms with Gasteiger partial charge in [0, 0.05) is 62.2 Å². The van der Waals surface area contributed by atoms with Crippen LogP contribution in [0.2, 0.25) is 0 Å². The third kappa shape index (κ3) is 6.92. The van der Waals surface area contributed by atoms with Crippen LogP contribution in [0.1, 0.15) is 41.6 Å². The van der Waals surface area contributed by atoms with Gasteiger partial charge >= 0.3 is 12.2 Å². The molecule has 3 fully saturated rings. The summed E-state index contributed by atoms with van der Waals surface area (Å²) in [5.41, 5.74) is 0.994. The third-order valence-electron chi connectivity index (χ3n) is 7.83. The molecule has 2 aromatic rings. The second-order valence-electron chi connectivity index (χ2n) is 10.6. The summed E-state index contributed by atoms with van der Waals surface area (Å²) in [6, 6.07) is 9.43. The van der Waals surface area contributed by atoms with Crippen LogP contribution in [-0.2, 0) is 15.7 Å². The number of benzene rings is 2. The van der Waals surface area contributed by atoms with Crippen molar-refractivity contribution in [1.82, 2.24) is 9.80 Å². The molecule has 2 N–H and O–H groups in total. The SMILES string of the molecule is O=C(Nc1ccc(N2CCCN(C(=O)Nc3cccc(C(F)(F)F)c3)CC2)c(C(=O)N2CCOCC2)c1)C1CCC1. The van der Waals surface area contributed by atoms with Crippen LogP contribution in [0.4, 0.5) is 35.0 Å². The van der Waals surface area contributed by atoms with Gasteiger partial charge in [0.25, 0.3) is 5.91 Å². The zero-order chi connectivity index (χ0) is 29.0. The van der Waals surface area contributed by atoms with Gasteiger partial charge in [-0.15, -0.1) is 0 Å². The van der Waals surface area contributed by atoms with Crippen LogP contribution < -0.4 is 15.5 Å². The Kier molecular flexibility index (Phi) is 8.67. The number of carbonyl (C=O) groups excluding carboxylic acids is 3. The fourth-order valence-corrected chi connectivity index (χ4v) is 5.25. The van der Waals surface area contributed by atoms with Crippen LogP contribution in [0.3, 0.4) is 0 Å². The molecule has 12 heteroatoms. The fraction of sp³-hybridized carbons (Fsp3) is 0.483. The highest BCUT2D eigenvalue weighted by Crippen LogP contribution is 2.32. The average Bonchev–Trinajstić information content (AvgIpc) is 3.18. The molecular formula is C29H34F3N5O4. The Labute approximate surface area is 236 Å². The first kappa shape index (κ1) is 28.7. The van der Waals surface area contributed by atoms with Gasteiger partial charge in [0.05, 0.1) is 24.3 Å². The zero-order valence-electron chi connectivity index (χ0n) is 22.7. The molecule has 0 bridgehead atoms. The molecule has 41 heavy (non-hydrogen) atoms. The van der Waals surface area contributed by atoms with Crippen molar-refractivity contribution >= 4 is 34.9 Å². The summed E-state index contributed by atoms with van der Waals surface area (Å²) in [7, 11) is 0. The van der Waals surface area contributed by atoms with Crippen LogP contribution in [0.5, 0.6) is 0 Å². The molecular weight excluding hydrogens is 539 g/mol. The van der Waals surface area contributed by atoms with Crippen molar-refractivity contribution in [3.05, 3.63) is 53.6 Å². The largest absolute Gasteiger partial charge is 0.416 e. The molecule has 9 nitrogen and oxygen atoms in total. The zero-order valence-corrected chi connectivity index (χ0v) is 22.7. The Morgan fingerprint density at radius 1 is 0.805 bits per heavy atom. The first-order valence-electron chi connectivity index (χ1n) is 14.0. The fourth-order valence-electron chi connectivity index (χ4n) is 5.25. The van der Waals surface area contributed by atoms with Gasteiger partial charge in [-0.25, -0.2) is 4.79 Å². The summed E-state index contributed by atoms with van der Waals surface area (Å²) in [6.07, 6.45) is -1.12. The second-order valence-corrected chi connectivity index (χ2v) is 10.6. The van der Waals surface area contributed by atoms with Crippen LogP contribution >= 0.6 is 0 Å². The van der Waals surface area contributed by atoms with Gasteiger partial charge in [0.1, 0.15) is 0 Å². The number of halogens is 3. The molecule has 0 spiro atoms. The summed E-state index contributed by atoms with van der Waals surface area (Å²) >= 11 is 0. The summed E-state index contributed by atoms with van der Waals surface area (Å²) in [4.78, 5) is 44.5. The van der Waals surface area contributed by atoms with Crippen LogP contribution in [0.25, 0.3) is 0 Å². The number of urea groups is 1. The molecule has 2 aromatic carbocycles. The van der Waals surface area contributed by atoms with Crippen molar-refractivity contribution < 1.29 is 32.3 Å². The summed E-state index contributed by atoms with van der Waals surface area (Å²) < 4.78 is 44.7. The topological polar surface area (TPSA) is 94.2 Å². The van der Waals surface area contributed by atoms with Gasteiger partial charge in [-0.3, -0.25) is 9.59 Å². The lowest BCUT2D eigenvalue weighted by atomic mass is 9.85. The van der Waals surface area contributed by atoms with E-state index in [0.717, 1.165) is 31.4 Å². The standard InChI is InChI=1S/C29H34F3N5O4/c30-29(31,32)21-6-2-7-22(18-21)34-28(40)37-11-3-10-35(12-13-37)25-9-8-23(33-26(38)20-4-1-5-20)19-24(25)27(39)36-14-16-41-17-15-36/h2,6-9,18-20H,1,3-5,10-17H2,(H,33,38)(H,34,40). The monoisotopic (exact) mass is 573 g/mol. The maximum absolute atomic E-state index is 13.6. The van der Waals surface area contributed by atoms with Gasteiger partial charge in [-0.1, -0.05) is 12.5 Å². The first-order chi connectivity index (χ1) is 19.7. The van der Waals surface area contributed by atoms with Gasteiger partial charge < -0.3 is 30.1 Å². The molecule has 0 radical (unpaired) electrons. The minimum Gasteiger partial charge on any atom is -0.378 e. The molecule has 5 rings (SSSR count). The highest BCUT2D eigenvalue weighted by Gasteiger charge is 2.31. The third-order valence-corrected chi connectivity index (χ3v) is 7.83. The molecule has 0 aromatic heterocycles. The normalized spacial score (nSPS) is 18.4. The number of carbonyl (C=O) groups is 3. The molecule has 2 aliphatic heterocycles. The minimum absolute atomic E-state index is 0.00625. The summed E-state index contributed by atoms with van der Waals surface area (Å²) in [5.74, 6) is -0.177. The maximum atomic E-state index is 13.6. The lowest BCUT2D eigenvalue weighted by Crippen LogP contribution is -2.42. The Bertz CT molecular complexity index is 1280. The highest BCUT2D eigenvalue weighted by atomic mass is 19.4. The lowest BCUT2D eigenvalue weighted by Gasteiger charge is -2.31. The Morgan fingerprint density at radius 2 is 1.56 bits per heavy atom. The van der Waals surface area contributed by atoms with Crippen molar-refractivity contribution in [2.24, 2.45) is 5.92 Å². The van der Waals surface area contributed by atoms with Crippen molar-refractivity contribution in [2.45, 2.75) is 31.9 Å². The molecule has 0 atom stereocenters. The van der Waals surface area contributed by atoms with E-state index in [1.54, 1.807) is 21.9 Å².